The lowest BCUT2D eigenvalue weighted by Gasteiger charge is -2.40. The predicted molar refractivity (Wildman–Crippen MR) is 154 cm³/mol. The molecule has 9 heteroatoms. The van der Waals surface area contributed by atoms with Crippen molar-refractivity contribution in [3.05, 3.63) is 107 Å². The van der Waals surface area contributed by atoms with E-state index in [-0.39, 0.29) is 17.8 Å². The Morgan fingerprint density at radius 3 is 2.70 bits per heavy atom. The van der Waals surface area contributed by atoms with Crippen molar-refractivity contribution in [1.29, 1.82) is 0 Å². The van der Waals surface area contributed by atoms with E-state index in [4.69, 9.17) is 16.3 Å². The number of fused-ring (bicyclic) bond motifs is 1. The van der Waals surface area contributed by atoms with Crippen LogP contribution in [0.1, 0.15) is 28.4 Å². The molecule has 2 atom stereocenters. The zero-order chi connectivity index (χ0) is 28.1. The van der Waals surface area contributed by atoms with Crippen LogP contribution in [0.15, 0.2) is 79.0 Å². The quantitative estimate of drug-likeness (QED) is 0.214. The normalized spacial score (nSPS) is 16.5. The lowest BCUT2D eigenvalue weighted by atomic mass is 10.1. The zero-order valence-electron chi connectivity index (χ0n) is 22.1. The molecule has 5 rings (SSSR count). The van der Waals surface area contributed by atoms with E-state index in [0.29, 0.717) is 55.3 Å². The number of hydrogen-bond donors (Lipinski definition) is 1. The first kappa shape index (κ1) is 27.6. The number of halogens is 2. The second-order valence-electron chi connectivity index (χ2n) is 9.97. The summed E-state index contributed by atoms with van der Waals surface area (Å²) in [4.78, 5) is 33.2. The minimum absolute atomic E-state index is 0.0183. The molecule has 206 valence electrons. The molecule has 2 heterocycles. The van der Waals surface area contributed by atoms with Crippen LogP contribution in [0.4, 0.5) is 10.1 Å². The first-order valence-electron chi connectivity index (χ1n) is 13.2. The lowest BCUT2D eigenvalue weighted by Crippen LogP contribution is -2.53. The van der Waals surface area contributed by atoms with Crippen molar-refractivity contribution in [2.24, 2.45) is 0 Å². The van der Waals surface area contributed by atoms with E-state index in [1.54, 1.807) is 36.5 Å². The number of aromatic nitrogens is 1. The maximum Gasteiger partial charge on any atom is 0.295 e. The number of piperazine rings is 1. The molecule has 1 fully saturated rings. The Kier molecular flexibility index (Phi) is 8.57. The summed E-state index contributed by atoms with van der Waals surface area (Å²) < 4.78 is 18.6. The van der Waals surface area contributed by atoms with Crippen molar-refractivity contribution >= 4 is 40.6 Å². The molecule has 4 aromatic rings. The van der Waals surface area contributed by atoms with Crippen LogP contribution in [-0.2, 0) is 22.5 Å². The molecule has 1 aromatic heterocycles. The number of hydrogen-bond acceptors (Lipinski definition) is 6. The van der Waals surface area contributed by atoms with Crippen LogP contribution in [-0.4, -0.2) is 59.1 Å². The number of benzene rings is 3. The molecule has 0 bridgehead atoms. The number of nitrogens with one attached hydrogen (secondary N) is 1. The van der Waals surface area contributed by atoms with Crippen LogP contribution in [0.2, 0.25) is 5.02 Å². The number of rotatable bonds is 9. The van der Waals surface area contributed by atoms with Crippen molar-refractivity contribution in [2.75, 3.05) is 25.0 Å². The molecule has 1 amide bonds. The largest absolute Gasteiger partial charge is 0.444 e. The van der Waals surface area contributed by atoms with Gasteiger partial charge in [-0.05, 0) is 54.4 Å². The molecule has 0 saturated carbocycles. The number of anilines is 1. The first-order valence-corrected chi connectivity index (χ1v) is 13.5. The van der Waals surface area contributed by atoms with Gasteiger partial charge in [0, 0.05) is 55.9 Å². The Balaban J connectivity index is 1.23. The van der Waals surface area contributed by atoms with E-state index < -0.39 is 6.23 Å². The summed E-state index contributed by atoms with van der Waals surface area (Å²) in [6.07, 6.45) is 1.47. The lowest BCUT2D eigenvalue weighted by molar-refractivity contribution is -0.132. The fourth-order valence-corrected chi connectivity index (χ4v) is 5.44. The van der Waals surface area contributed by atoms with Gasteiger partial charge >= 0.3 is 0 Å². The fourth-order valence-electron chi connectivity index (χ4n) is 5.18. The average molecular weight is 561 g/mol. The monoisotopic (exact) mass is 560 g/mol. The molecule has 1 aliphatic heterocycles. The summed E-state index contributed by atoms with van der Waals surface area (Å²) in [6, 6.07) is 21.4. The minimum atomic E-state index is -0.656. The Hall–Kier alpha value is -4.01. The van der Waals surface area contributed by atoms with Gasteiger partial charge in [0.15, 0.2) is 6.23 Å². The number of ether oxygens (including phenoxy) is 1. The van der Waals surface area contributed by atoms with Crippen molar-refractivity contribution in [1.82, 2.24) is 14.8 Å². The maximum atomic E-state index is 13.4. The highest BCUT2D eigenvalue weighted by atomic mass is 35.5. The van der Waals surface area contributed by atoms with E-state index in [0.717, 1.165) is 22.0 Å². The molecule has 3 aromatic carbocycles. The number of carbonyl (C=O) groups is 2. The van der Waals surface area contributed by atoms with Crippen LogP contribution in [0, 0.1) is 5.82 Å². The third-order valence-corrected chi connectivity index (χ3v) is 7.47. The van der Waals surface area contributed by atoms with E-state index in [9.17, 15) is 14.0 Å². The van der Waals surface area contributed by atoms with Crippen molar-refractivity contribution in [3.8, 4) is 0 Å². The Morgan fingerprint density at radius 2 is 1.95 bits per heavy atom. The SMILES string of the molecule is C[C@H]1CN(Cc2ccc(F)cc2)CCN1C(=O)c1ccc(NC(Cc2cccc3cccnc23)OC=O)cc1Cl. The highest BCUT2D eigenvalue weighted by molar-refractivity contribution is 6.34. The highest BCUT2D eigenvalue weighted by Gasteiger charge is 2.29. The van der Waals surface area contributed by atoms with Gasteiger partial charge in [-0.1, -0.05) is 48.0 Å². The minimum Gasteiger partial charge on any atom is -0.444 e. The van der Waals surface area contributed by atoms with Gasteiger partial charge in [-0.25, -0.2) is 4.39 Å². The molecule has 0 spiro atoms. The summed E-state index contributed by atoms with van der Waals surface area (Å²) in [5.41, 5.74) is 3.85. The number of para-hydroxylation sites is 1. The molecule has 40 heavy (non-hydrogen) atoms. The van der Waals surface area contributed by atoms with Gasteiger partial charge in [-0.3, -0.25) is 19.5 Å². The molecule has 1 unspecified atom stereocenters. The molecule has 0 aliphatic carbocycles. The average Bonchev–Trinajstić information content (AvgIpc) is 2.94. The van der Waals surface area contributed by atoms with Crippen LogP contribution >= 0.6 is 11.6 Å². The summed E-state index contributed by atoms with van der Waals surface area (Å²) in [6.45, 7) is 5.10. The van der Waals surface area contributed by atoms with Gasteiger partial charge in [0.1, 0.15) is 5.82 Å². The summed E-state index contributed by atoms with van der Waals surface area (Å²) in [7, 11) is 0. The van der Waals surface area contributed by atoms with Gasteiger partial charge in [0.2, 0.25) is 0 Å². The smallest absolute Gasteiger partial charge is 0.295 e. The first-order chi connectivity index (χ1) is 19.4. The Morgan fingerprint density at radius 1 is 1.15 bits per heavy atom. The van der Waals surface area contributed by atoms with E-state index >= 15 is 0 Å². The number of carbonyl (C=O) groups excluding carboxylic acids is 2. The fraction of sp³-hybridized carbons (Fsp3) is 0.258. The number of amides is 1. The Bertz CT molecular complexity index is 1490. The second-order valence-corrected chi connectivity index (χ2v) is 10.4. The molecular formula is C31H30ClFN4O3. The van der Waals surface area contributed by atoms with Crippen LogP contribution < -0.4 is 5.32 Å². The summed E-state index contributed by atoms with van der Waals surface area (Å²) >= 11 is 6.59. The van der Waals surface area contributed by atoms with Crippen LogP contribution in [0.25, 0.3) is 10.9 Å². The van der Waals surface area contributed by atoms with Crippen molar-refractivity contribution < 1.29 is 18.7 Å². The van der Waals surface area contributed by atoms with Crippen molar-refractivity contribution in [2.45, 2.75) is 32.2 Å². The van der Waals surface area contributed by atoms with Gasteiger partial charge in [0.05, 0.1) is 16.1 Å². The predicted octanol–water partition coefficient (Wildman–Crippen LogP) is 5.53. The highest BCUT2D eigenvalue weighted by Crippen LogP contribution is 2.26. The molecule has 0 radical (unpaired) electrons. The number of nitrogens with zero attached hydrogens (tertiary/aromatic N) is 3. The van der Waals surface area contributed by atoms with Crippen LogP contribution in [0.3, 0.4) is 0 Å². The zero-order valence-corrected chi connectivity index (χ0v) is 22.9. The summed E-state index contributed by atoms with van der Waals surface area (Å²) in [5, 5.41) is 4.51. The molecule has 1 aliphatic rings. The van der Waals surface area contributed by atoms with Gasteiger partial charge in [0.25, 0.3) is 12.4 Å². The third-order valence-electron chi connectivity index (χ3n) is 7.16. The maximum absolute atomic E-state index is 13.4. The molecule has 1 saturated heterocycles. The Labute approximate surface area is 237 Å². The van der Waals surface area contributed by atoms with E-state index in [2.05, 4.69) is 15.2 Å². The third kappa shape index (κ3) is 6.41. The van der Waals surface area contributed by atoms with Crippen molar-refractivity contribution in [3.63, 3.8) is 0 Å². The summed E-state index contributed by atoms with van der Waals surface area (Å²) in [5.74, 6) is -0.382. The van der Waals surface area contributed by atoms with Crippen LogP contribution in [0.5, 0.6) is 0 Å². The van der Waals surface area contributed by atoms with Gasteiger partial charge in [-0.15, -0.1) is 0 Å². The van der Waals surface area contributed by atoms with Gasteiger partial charge in [-0.2, -0.15) is 0 Å². The topological polar surface area (TPSA) is 74.8 Å². The molecule has 1 N–H and O–H groups in total. The van der Waals surface area contributed by atoms with Gasteiger partial charge < -0.3 is 15.0 Å². The van der Waals surface area contributed by atoms with E-state index in [1.165, 1.54) is 12.1 Å². The standard InChI is InChI=1S/C31H30ClFN4O3/c1-21-18-36(19-22-7-9-25(33)10-8-22)14-15-37(21)31(39)27-12-11-26(17-28(27)32)35-29(40-20-38)16-24-5-2-4-23-6-3-13-34-30(23)24/h2-13,17,20-21,29,35H,14-16,18-19H2,1H3/t21-,29?/m0/s1. The molecule has 7 nitrogen and oxygen atoms in total. The number of pyridine rings is 1. The molecular weight excluding hydrogens is 531 g/mol. The second kappa shape index (κ2) is 12.4. The van der Waals surface area contributed by atoms with E-state index in [1.807, 2.05) is 42.2 Å².